The second-order valence-electron chi connectivity index (χ2n) is 23.0. The fourth-order valence-corrected chi connectivity index (χ4v) is 14.7. The van der Waals surface area contributed by atoms with Crippen LogP contribution >= 0.6 is 21.6 Å². The van der Waals surface area contributed by atoms with E-state index in [9.17, 15) is 24.0 Å². The van der Waals surface area contributed by atoms with Crippen molar-refractivity contribution in [3.05, 3.63) is 142 Å². The minimum atomic E-state index is -0.328. The number of methoxy groups -OCH3 is 2. The minimum Gasteiger partial charge on any atom is -0.493 e. The molecular formula is C66H78N6O11S2. The standard InChI is InChI=1S/C66H78N6O11S2/c1-44-30-53-57(67(4)39-50-34-47-14-8-10-18-55(47)71(50)64(53)76)37-59(44)82-41-45-31-46(42-83-61-38-58-54(36-60(61)79-7)65(77)72-51(40-68(58)5)35-48-15-9-11-19-56(48)72)33-49(32-45)69(23-24-80-27-28-81-26-25-78-6)43-66(2,3)85-84-29-13-17-52(73)16-12-22-70-62(74)20-21-63(70)75/h8-11,14-15,18-21,30-33,36-38,50-51H,12-13,16-17,22-29,34-35,39-43H2,1-7H3/t50-,51-/m0/s1. The quantitative estimate of drug-likeness (QED) is 0.0253. The Morgan fingerprint density at radius 1 is 0.647 bits per heavy atom. The summed E-state index contributed by atoms with van der Waals surface area (Å²) in [5, 5.41) is 0. The van der Waals surface area contributed by atoms with Gasteiger partial charge in [0.05, 0.1) is 74.7 Å². The van der Waals surface area contributed by atoms with E-state index in [0.717, 1.165) is 63.7 Å². The van der Waals surface area contributed by atoms with Crippen LogP contribution in [0.2, 0.25) is 0 Å². The Kier molecular flexibility index (Phi) is 19.8. The lowest BCUT2D eigenvalue weighted by Crippen LogP contribution is -2.41. The van der Waals surface area contributed by atoms with Crippen LogP contribution in [0.5, 0.6) is 17.2 Å². The molecule has 0 radical (unpaired) electrons. The van der Waals surface area contributed by atoms with E-state index in [-0.39, 0.29) is 66.0 Å². The lowest BCUT2D eigenvalue weighted by molar-refractivity contribution is -0.137. The molecule has 19 heteroatoms. The van der Waals surface area contributed by atoms with E-state index >= 15 is 0 Å². The van der Waals surface area contributed by atoms with E-state index in [4.69, 9.17) is 28.4 Å². The van der Waals surface area contributed by atoms with Crippen LogP contribution in [-0.2, 0) is 54.6 Å². The first-order valence-electron chi connectivity index (χ1n) is 29.3. The van der Waals surface area contributed by atoms with Gasteiger partial charge in [-0.05, 0) is 117 Å². The zero-order valence-corrected chi connectivity index (χ0v) is 51.5. The van der Waals surface area contributed by atoms with Gasteiger partial charge in [-0.1, -0.05) is 58.0 Å². The number of likely N-dealkylation sites (N-methyl/N-ethyl adjacent to an activating group) is 2. The molecule has 0 N–H and O–H groups in total. The molecule has 450 valence electrons. The lowest BCUT2D eigenvalue weighted by atomic mass is 10.1. The minimum absolute atomic E-state index is 0.00753. The number of anilines is 5. The van der Waals surface area contributed by atoms with Crippen molar-refractivity contribution < 1.29 is 52.4 Å². The maximum Gasteiger partial charge on any atom is 0.260 e. The normalized spacial score (nSPS) is 16.9. The number of ether oxygens (including phenoxy) is 6. The summed E-state index contributed by atoms with van der Waals surface area (Å²) in [6.07, 6.45) is 6.03. The molecule has 17 nitrogen and oxygen atoms in total. The number of benzene rings is 5. The molecule has 0 bridgehead atoms. The zero-order chi connectivity index (χ0) is 59.8. The Morgan fingerprint density at radius 2 is 1.20 bits per heavy atom. The van der Waals surface area contributed by atoms with Crippen LogP contribution in [0.4, 0.5) is 28.4 Å². The second-order valence-corrected chi connectivity index (χ2v) is 26.2. The van der Waals surface area contributed by atoms with Gasteiger partial charge in [-0.2, -0.15) is 0 Å². The highest BCUT2D eigenvalue weighted by Gasteiger charge is 2.41. The van der Waals surface area contributed by atoms with Gasteiger partial charge in [-0.15, -0.1) is 0 Å². The van der Waals surface area contributed by atoms with Crippen LogP contribution in [0.15, 0.2) is 103 Å². The van der Waals surface area contributed by atoms with Gasteiger partial charge in [-0.25, -0.2) is 0 Å². The number of fused-ring (bicyclic) bond motifs is 8. The molecule has 10 rings (SSSR count). The number of ketones is 1. The molecule has 0 unspecified atom stereocenters. The molecule has 5 aliphatic heterocycles. The number of nitrogens with zero attached hydrogens (tertiary/aromatic N) is 6. The number of para-hydroxylation sites is 2. The highest BCUT2D eigenvalue weighted by atomic mass is 33.1. The van der Waals surface area contributed by atoms with E-state index in [1.165, 1.54) is 28.2 Å². The van der Waals surface area contributed by atoms with Crippen molar-refractivity contribution in [2.24, 2.45) is 0 Å². The van der Waals surface area contributed by atoms with Crippen LogP contribution in [0.25, 0.3) is 0 Å². The van der Waals surface area contributed by atoms with Crippen molar-refractivity contribution >= 4 is 79.4 Å². The summed E-state index contributed by atoms with van der Waals surface area (Å²) in [7, 11) is 10.8. The number of aryl methyl sites for hydroxylation is 1. The van der Waals surface area contributed by atoms with Crippen molar-refractivity contribution in [1.82, 2.24) is 4.90 Å². The number of hydrogen-bond acceptors (Lipinski definition) is 16. The molecule has 5 heterocycles. The number of imide groups is 1. The van der Waals surface area contributed by atoms with Gasteiger partial charge in [0.25, 0.3) is 23.6 Å². The second kappa shape index (κ2) is 27.6. The van der Waals surface area contributed by atoms with Crippen molar-refractivity contribution in [3.8, 4) is 17.2 Å². The SMILES string of the molecule is COCCOCCOCCN(CC(C)(C)SSCCCC(=O)CCCN1C(=O)C=CC1=O)c1cc(COc2cc3c(cc2C)C(=O)N2c4ccccc4C[C@H]2CN3C)cc(COc2cc3c(cc2OC)C(=O)N2c4ccccc4C[C@H]2CN3C)c1. The third-order valence-corrected chi connectivity index (χ3v) is 19.5. The molecule has 85 heavy (non-hydrogen) atoms. The van der Waals surface area contributed by atoms with E-state index < -0.39 is 0 Å². The number of rotatable bonds is 29. The predicted molar refractivity (Wildman–Crippen MR) is 336 cm³/mol. The molecule has 0 spiro atoms. The first-order chi connectivity index (χ1) is 41.1. The van der Waals surface area contributed by atoms with Gasteiger partial charge in [0.15, 0.2) is 11.5 Å². The molecule has 2 atom stereocenters. The average molecular weight is 1200 g/mol. The summed E-state index contributed by atoms with van der Waals surface area (Å²) in [4.78, 5) is 77.4. The topological polar surface area (TPSA) is 160 Å². The lowest BCUT2D eigenvalue weighted by Gasteiger charge is -2.34. The van der Waals surface area contributed by atoms with E-state index in [0.29, 0.717) is 113 Å². The summed E-state index contributed by atoms with van der Waals surface area (Å²) in [5.41, 5.74) is 10.7. The summed E-state index contributed by atoms with van der Waals surface area (Å²) in [5.74, 6) is 1.81. The number of hydrogen-bond donors (Lipinski definition) is 0. The molecule has 4 amide bonds. The third kappa shape index (κ3) is 14.3. The van der Waals surface area contributed by atoms with Crippen LogP contribution in [0.3, 0.4) is 0 Å². The summed E-state index contributed by atoms with van der Waals surface area (Å²) in [6, 6.07) is 30.4. The maximum absolute atomic E-state index is 14.5. The number of carbonyl (C=O) groups excluding carboxylic acids is 5. The highest BCUT2D eigenvalue weighted by molar-refractivity contribution is 8.77. The Hall–Kier alpha value is -7.03. The molecule has 5 aliphatic rings. The first kappa shape index (κ1) is 61.1. The fourth-order valence-electron chi connectivity index (χ4n) is 12.1. The Labute approximate surface area is 507 Å². The average Bonchev–Trinajstić information content (AvgIpc) is 1.88. The van der Waals surface area contributed by atoms with E-state index in [1.807, 2.05) is 91.5 Å². The van der Waals surface area contributed by atoms with Gasteiger partial charge in [0, 0.05) is 119 Å². The van der Waals surface area contributed by atoms with Crippen LogP contribution in [0, 0.1) is 6.92 Å². The monoisotopic (exact) mass is 1190 g/mol. The van der Waals surface area contributed by atoms with Crippen molar-refractivity contribution in [2.45, 2.75) is 89.3 Å². The summed E-state index contributed by atoms with van der Waals surface area (Å²) in [6.45, 7) is 11.9. The smallest absolute Gasteiger partial charge is 0.260 e. The molecule has 5 aromatic carbocycles. The molecule has 5 aromatic rings. The molecule has 0 saturated heterocycles. The van der Waals surface area contributed by atoms with Crippen molar-refractivity contribution in [3.63, 3.8) is 0 Å². The molecule has 0 fully saturated rings. The predicted octanol–water partition coefficient (Wildman–Crippen LogP) is 9.90. The molecular weight excluding hydrogens is 1120 g/mol. The van der Waals surface area contributed by atoms with Gasteiger partial charge >= 0.3 is 0 Å². The first-order valence-corrected chi connectivity index (χ1v) is 31.7. The number of amides is 4. The molecule has 0 aromatic heterocycles. The van der Waals surface area contributed by atoms with Crippen molar-refractivity contribution in [1.29, 1.82) is 0 Å². The fraction of sp³-hybridized carbons (Fsp3) is 0.439. The maximum atomic E-state index is 14.5. The van der Waals surface area contributed by atoms with E-state index in [2.05, 4.69) is 58.9 Å². The third-order valence-electron chi connectivity index (χ3n) is 16.2. The largest absolute Gasteiger partial charge is 0.493 e. The summed E-state index contributed by atoms with van der Waals surface area (Å²) >= 11 is 0. The van der Waals surface area contributed by atoms with Crippen LogP contribution in [-0.4, -0.2) is 151 Å². The Balaban J connectivity index is 0.895. The molecule has 0 aliphatic carbocycles. The van der Waals surface area contributed by atoms with Gasteiger partial charge < -0.3 is 52.9 Å². The Morgan fingerprint density at radius 3 is 1.81 bits per heavy atom. The number of carbonyl (C=O) groups is 5. The Bertz CT molecular complexity index is 3300. The van der Waals surface area contributed by atoms with Crippen LogP contribution in [0.1, 0.15) is 88.1 Å². The van der Waals surface area contributed by atoms with Gasteiger partial charge in [0.2, 0.25) is 0 Å². The highest BCUT2D eigenvalue weighted by Crippen LogP contribution is 2.44. The number of Topliss-reactive ketones (excluding diaryl/α,β-unsaturated/α-hetero) is 1. The van der Waals surface area contributed by atoms with Crippen LogP contribution < -0.4 is 38.7 Å². The van der Waals surface area contributed by atoms with Crippen molar-refractivity contribution in [2.75, 3.05) is 124 Å². The summed E-state index contributed by atoms with van der Waals surface area (Å²) < 4.78 is 36.4. The van der Waals surface area contributed by atoms with E-state index in [1.54, 1.807) is 35.8 Å². The van der Waals surface area contributed by atoms with Gasteiger partial charge in [0.1, 0.15) is 24.7 Å². The van der Waals surface area contributed by atoms with Gasteiger partial charge in [-0.3, -0.25) is 28.9 Å². The molecule has 0 saturated carbocycles. The zero-order valence-electron chi connectivity index (χ0n) is 49.9.